The van der Waals surface area contributed by atoms with Gasteiger partial charge in [-0.05, 0) is 30.4 Å². The van der Waals surface area contributed by atoms with Gasteiger partial charge in [-0.1, -0.05) is 44.2 Å². The second-order valence-electron chi connectivity index (χ2n) is 5.98. The lowest BCUT2D eigenvalue weighted by Crippen LogP contribution is -2.27. The Kier molecular flexibility index (Phi) is 5.85. The molecule has 2 N–H and O–H groups in total. The van der Waals surface area contributed by atoms with E-state index in [1.54, 1.807) is 19.2 Å². The van der Waals surface area contributed by atoms with Gasteiger partial charge in [0.15, 0.2) is 0 Å². The SMILES string of the molecule is CNc1cc(C(=O)NCCC2CCC(C)CC2)cc(Cl)n1. The average Bonchev–Trinajstić information content (AvgIpc) is 2.48. The van der Waals surface area contributed by atoms with Gasteiger partial charge in [0, 0.05) is 19.2 Å². The lowest BCUT2D eigenvalue weighted by atomic mass is 9.81. The fourth-order valence-electron chi connectivity index (χ4n) is 2.87. The van der Waals surface area contributed by atoms with Gasteiger partial charge in [0.1, 0.15) is 11.0 Å². The summed E-state index contributed by atoms with van der Waals surface area (Å²) in [5.41, 5.74) is 0.552. The van der Waals surface area contributed by atoms with E-state index in [1.807, 2.05) is 0 Å². The third-order valence-corrected chi connectivity index (χ3v) is 4.48. The number of halogens is 1. The molecule has 2 rings (SSSR count). The zero-order valence-corrected chi connectivity index (χ0v) is 13.5. The van der Waals surface area contributed by atoms with Crippen molar-refractivity contribution in [2.75, 3.05) is 18.9 Å². The molecule has 1 saturated carbocycles. The van der Waals surface area contributed by atoms with Crippen molar-refractivity contribution < 1.29 is 4.79 Å². The summed E-state index contributed by atoms with van der Waals surface area (Å²) in [7, 11) is 1.75. The highest BCUT2D eigenvalue weighted by atomic mass is 35.5. The number of anilines is 1. The lowest BCUT2D eigenvalue weighted by molar-refractivity contribution is 0.0949. The monoisotopic (exact) mass is 309 g/mol. The first-order chi connectivity index (χ1) is 10.1. The van der Waals surface area contributed by atoms with Crippen LogP contribution in [0.4, 0.5) is 5.82 Å². The minimum Gasteiger partial charge on any atom is -0.373 e. The van der Waals surface area contributed by atoms with E-state index >= 15 is 0 Å². The van der Waals surface area contributed by atoms with Gasteiger partial charge in [0.25, 0.3) is 5.91 Å². The average molecular weight is 310 g/mol. The Hall–Kier alpha value is -1.29. The Morgan fingerprint density at radius 3 is 2.71 bits per heavy atom. The van der Waals surface area contributed by atoms with Gasteiger partial charge < -0.3 is 10.6 Å². The van der Waals surface area contributed by atoms with Gasteiger partial charge in [-0.15, -0.1) is 0 Å². The van der Waals surface area contributed by atoms with E-state index in [0.717, 1.165) is 24.8 Å². The van der Waals surface area contributed by atoms with Crippen molar-refractivity contribution >= 4 is 23.3 Å². The Morgan fingerprint density at radius 2 is 2.05 bits per heavy atom. The van der Waals surface area contributed by atoms with E-state index in [0.29, 0.717) is 16.5 Å². The summed E-state index contributed by atoms with van der Waals surface area (Å²) in [6, 6.07) is 3.31. The minimum absolute atomic E-state index is 0.0834. The highest BCUT2D eigenvalue weighted by molar-refractivity contribution is 6.29. The molecule has 0 aromatic carbocycles. The maximum atomic E-state index is 12.1. The lowest BCUT2D eigenvalue weighted by Gasteiger charge is -2.26. The van der Waals surface area contributed by atoms with Crippen LogP contribution in [0.1, 0.15) is 49.4 Å². The van der Waals surface area contributed by atoms with E-state index in [-0.39, 0.29) is 5.91 Å². The quantitative estimate of drug-likeness (QED) is 0.815. The molecule has 0 atom stereocenters. The van der Waals surface area contributed by atoms with Crippen molar-refractivity contribution in [3.05, 3.63) is 22.8 Å². The predicted molar refractivity (Wildman–Crippen MR) is 86.9 cm³/mol. The minimum atomic E-state index is -0.0834. The normalized spacial score (nSPS) is 21.9. The molecule has 1 amide bonds. The maximum absolute atomic E-state index is 12.1. The third-order valence-electron chi connectivity index (χ3n) is 4.29. The topological polar surface area (TPSA) is 54.0 Å². The van der Waals surface area contributed by atoms with E-state index in [9.17, 15) is 4.79 Å². The van der Waals surface area contributed by atoms with E-state index in [1.165, 1.54) is 25.7 Å². The molecule has 1 aliphatic rings. The molecule has 0 unspecified atom stereocenters. The first-order valence-corrected chi connectivity index (χ1v) is 8.10. The molecule has 1 fully saturated rings. The number of pyridine rings is 1. The number of hydrogen-bond donors (Lipinski definition) is 2. The van der Waals surface area contributed by atoms with Crippen molar-refractivity contribution in [3.8, 4) is 0 Å². The summed E-state index contributed by atoms with van der Waals surface area (Å²) in [6.45, 7) is 3.05. The first kappa shape index (κ1) is 16.1. The zero-order valence-electron chi connectivity index (χ0n) is 12.8. The molecule has 1 aromatic heterocycles. The van der Waals surface area contributed by atoms with Crippen LogP contribution in [0.5, 0.6) is 0 Å². The van der Waals surface area contributed by atoms with Crippen molar-refractivity contribution in [2.24, 2.45) is 11.8 Å². The molecule has 0 aliphatic heterocycles. The Morgan fingerprint density at radius 1 is 1.33 bits per heavy atom. The number of nitrogens with one attached hydrogen (secondary N) is 2. The molecule has 0 radical (unpaired) electrons. The molecule has 1 aromatic rings. The Bertz CT molecular complexity index is 484. The summed E-state index contributed by atoms with van der Waals surface area (Å²) >= 11 is 5.91. The van der Waals surface area contributed by atoms with E-state index in [4.69, 9.17) is 11.6 Å². The summed E-state index contributed by atoms with van der Waals surface area (Å²) in [4.78, 5) is 16.2. The molecule has 21 heavy (non-hydrogen) atoms. The van der Waals surface area contributed by atoms with Crippen LogP contribution < -0.4 is 10.6 Å². The van der Waals surface area contributed by atoms with Crippen molar-refractivity contribution in [1.82, 2.24) is 10.3 Å². The predicted octanol–water partition coefficient (Wildman–Crippen LogP) is 3.72. The van der Waals surface area contributed by atoms with Gasteiger partial charge in [0.2, 0.25) is 0 Å². The molecule has 4 nitrogen and oxygen atoms in total. The van der Waals surface area contributed by atoms with Gasteiger partial charge in [0.05, 0.1) is 0 Å². The fourth-order valence-corrected chi connectivity index (χ4v) is 3.07. The number of carbonyl (C=O) groups excluding carboxylic acids is 1. The van der Waals surface area contributed by atoms with Crippen molar-refractivity contribution in [2.45, 2.75) is 39.0 Å². The second kappa shape index (κ2) is 7.64. The van der Waals surface area contributed by atoms with Gasteiger partial charge in [-0.25, -0.2) is 4.98 Å². The Balaban J connectivity index is 1.80. The number of carbonyl (C=O) groups is 1. The van der Waals surface area contributed by atoms with Crippen LogP contribution in [-0.2, 0) is 0 Å². The summed E-state index contributed by atoms with van der Waals surface area (Å²) in [5, 5.41) is 6.21. The molecule has 0 bridgehead atoms. The van der Waals surface area contributed by atoms with Crippen LogP contribution in [0, 0.1) is 11.8 Å². The molecule has 1 heterocycles. The zero-order chi connectivity index (χ0) is 15.2. The molecule has 0 saturated heterocycles. The van der Waals surface area contributed by atoms with E-state index in [2.05, 4.69) is 22.5 Å². The molecular weight excluding hydrogens is 286 g/mol. The van der Waals surface area contributed by atoms with Crippen LogP contribution in [0.2, 0.25) is 5.15 Å². The molecule has 0 spiro atoms. The van der Waals surface area contributed by atoms with Crippen LogP contribution >= 0.6 is 11.6 Å². The number of rotatable bonds is 5. The van der Waals surface area contributed by atoms with Crippen LogP contribution in [0.25, 0.3) is 0 Å². The fraction of sp³-hybridized carbons (Fsp3) is 0.625. The van der Waals surface area contributed by atoms with Crippen LogP contribution in [0.15, 0.2) is 12.1 Å². The molecule has 116 valence electrons. The molecule has 1 aliphatic carbocycles. The number of nitrogens with zero attached hydrogens (tertiary/aromatic N) is 1. The molecule has 5 heteroatoms. The number of amides is 1. The van der Waals surface area contributed by atoms with E-state index < -0.39 is 0 Å². The summed E-state index contributed by atoms with van der Waals surface area (Å²) < 4.78 is 0. The maximum Gasteiger partial charge on any atom is 0.251 e. The largest absolute Gasteiger partial charge is 0.373 e. The summed E-state index contributed by atoms with van der Waals surface area (Å²) in [6.07, 6.45) is 6.30. The Labute approximate surface area is 131 Å². The smallest absolute Gasteiger partial charge is 0.251 e. The van der Waals surface area contributed by atoms with Crippen LogP contribution in [0.3, 0.4) is 0 Å². The second-order valence-corrected chi connectivity index (χ2v) is 6.37. The molecular formula is C16H24ClN3O. The third kappa shape index (κ3) is 4.88. The number of hydrogen-bond acceptors (Lipinski definition) is 3. The standard InChI is InChI=1S/C16H24ClN3O/c1-11-3-5-12(6-4-11)7-8-19-16(21)13-9-14(17)20-15(10-13)18-2/h9-12H,3-8H2,1-2H3,(H,18,20)(H,19,21). The highest BCUT2D eigenvalue weighted by Crippen LogP contribution is 2.29. The van der Waals surface area contributed by atoms with Crippen molar-refractivity contribution in [3.63, 3.8) is 0 Å². The van der Waals surface area contributed by atoms with Crippen molar-refractivity contribution in [1.29, 1.82) is 0 Å². The van der Waals surface area contributed by atoms with Gasteiger partial charge >= 0.3 is 0 Å². The highest BCUT2D eigenvalue weighted by Gasteiger charge is 2.18. The van der Waals surface area contributed by atoms with Crippen LogP contribution in [-0.4, -0.2) is 24.5 Å². The van der Waals surface area contributed by atoms with Gasteiger partial charge in [-0.2, -0.15) is 0 Å². The first-order valence-electron chi connectivity index (χ1n) is 7.72. The number of aromatic nitrogens is 1. The summed E-state index contributed by atoms with van der Waals surface area (Å²) in [5.74, 6) is 2.15. The van der Waals surface area contributed by atoms with Gasteiger partial charge in [-0.3, -0.25) is 4.79 Å².